The predicted octanol–water partition coefficient (Wildman–Crippen LogP) is 2.48. The summed E-state index contributed by atoms with van der Waals surface area (Å²) in [7, 11) is 0. The molecule has 4 heteroatoms. The van der Waals surface area contributed by atoms with Gasteiger partial charge in [0.25, 0.3) is 0 Å². The van der Waals surface area contributed by atoms with Crippen molar-refractivity contribution >= 4 is 11.6 Å². The van der Waals surface area contributed by atoms with Gasteiger partial charge in [-0.25, -0.2) is 4.39 Å². The van der Waals surface area contributed by atoms with Crippen LogP contribution in [0.25, 0.3) is 0 Å². The van der Waals surface area contributed by atoms with Crippen LogP contribution >= 0.6 is 11.6 Å². The summed E-state index contributed by atoms with van der Waals surface area (Å²) in [5.41, 5.74) is 0.706. The van der Waals surface area contributed by atoms with Crippen LogP contribution in [0, 0.1) is 5.82 Å². The first-order valence-electron chi connectivity index (χ1n) is 5.45. The van der Waals surface area contributed by atoms with Gasteiger partial charge in [0, 0.05) is 12.1 Å². The zero-order chi connectivity index (χ0) is 11.6. The van der Waals surface area contributed by atoms with E-state index in [0.717, 1.165) is 24.8 Å². The zero-order valence-corrected chi connectivity index (χ0v) is 9.73. The largest absolute Gasteiger partial charge is 0.394 e. The van der Waals surface area contributed by atoms with Gasteiger partial charge in [-0.05, 0) is 37.0 Å². The molecule has 0 bridgehead atoms. The number of nitrogens with one attached hydrogen (secondary N) is 1. The molecule has 2 N–H and O–H groups in total. The van der Waals surface area contributed by atoms with Gasteiger partial charge in [-0.3, -0.25) is 0 Å². The van der Waals surface area contributed by atoms with Gasteiger partial charge in [0.15, 0.2) is 0 Å². The Hall–Kier alpha value is -0.640. The Morgan fingerprint density at radius 3 is 2.69 bits per heavy atom. The topological polar surface area (TPSA) is 32.3 Å². The summed E-state index contributed by atoms with van der Waals surface area (Å²) < 4.78 is 13.2. The first kappa shape index (κ1) is 11.8. The minimum absolute atomic E-state index is 0.142. The zero-order valence-electron chi connectivity index (χ0n) is 8.97. The summed E-state index contributed by atoms with van der Waals surface area (Å²) in [6.45, 7) is 0.706. The molecule has 0 heterocycles. The third-order valence-corrected chi connectivity index (χ3v) is 3.57. The van der Waals surface area contributed by atoms with Crippen molar-refractivity contribution in [3.05, 3.63) is 34.6 Å². The summed E-state index contributed by atoms with van der Waals surface area (Å²) in [6.07, 6.45) is 3.11. The van der Waals surface area contributed by atoms with E-state index in [1.807, 2.05) is 0 Å². The van der Waals surface area contributed by atoms with E-state index in [2.05, 4.69) is 5.32 Å². The SMILES string of the molecule is OCC1(NCc2ccc(Cl)c(F)c2)CCC1. The molecular weight excluding hydrogens is 229 g/mol. The predicted molar refractivity (Wildman–Crippen MR) is 61.9 cm³/mol. The Kier molecular flexibility index (Phi) is 3.47. The van der Waals surface area contributed by atoms with Crippen LogP contribution in [0.4, 0.5) is 4.39 Å². The summed E-state index contributed by atoms with van der Waals surface area (Å²) in [4.78, 5) is 0. The van der Waals surface area contributed by atoms with E-state index < -0.39 is 5.82 Å². The van der Waals surface area contributed by atoms with E-state index in [9.17, 15) is 9.50 Å². The number of aliphatic hydroxyl groups is 1. The second-order valence-corrected chi connectivity index (χ2v) is 4.80. The highest BCUT2D eigenvalue weighted by Gasteiger charge is 2.35. The van der Waals surface area contributed by atoms with Gasteiger partial charge in [-0.15, -0.1) is 0 Å². The van der Waals surface area contributed by atoms with Crippen LogP contribution in [-0.4, -0.2) is 17.3 Å². The first-order valence-corrected chi connectivity index (χ1v) is 5.83. The summed E-state index contributed by atoms with van der Waals surface area (Å²) in [5.74, 6) is -0.396. The van der Waals surface area contributed by atoms with Crippen molar-refractivity contribution in [2.24, 2.45) is 0 Å². The number of rotatable bonds is 4. The van der Waals surface area contributed by atoms with Gasteiger partial charge < -0.3 is 10.4 Å². The number of halogens is 2. The van der Waals surface area contributed by atoms with Crippen LogP contribution in [0.3, 0.4) is 0 Å². The van der Waals surface area contributed by atoms with Gasteiger partial charge >= 0.3 is 0 Å². The maximum atomic E-state index is 13.2. The molecule has 88 valence electrons. The number of hydrogen-bond donors (Lipinski definition) is 2. The lowest BCUT2D eigenvalue weighted by atomic mass is 9.77. The highest BCUT2D eigenvalue weighted by molar-refractivity contribution is 6.30. The van der Waals surface area contributed by atoms with E-state index >= 15 is 0 Å². The molecule has 1 aromatic rings. The molecule has 1 fully saturated rings. The molecule has 1 aliphatic rings. The maximum absolute atomic E-state index is 13.2. The lowest BCUT2D eigenvalue weighted by molar-refractivity contribution is 0.0872. The monoisotopic (exact) mass is 243 g/mol. The fourth-order valence-corrected chi connectivity index (χ4v) is 2.05. The quantitative estimate of drug-likeness (QED) is 0.852. The Bertz CT molecular complexity index is 374. The van der Waals surface area contributed by atoms with Gasteiger partial charge in [0.1, 0.15) is 5.82 Å². The number of aliphatic hydroxyl groups excluding tert-OH is 1. The van der Waals surface area contributed by atoms with Crippen LogP contribution in [0.2, 0.25) is 5.02 Å². The maximum Gasteiger partial charge on any atom is 0.142 e. The lowest BCUT2D eigenvalue weighted by Crippen LogP contribution is -2.53. The average molecular weight is 244 g/mol. The van der Waals surface area contributed by atoms with E-state index in [1.54, 1.807) is 12.1 Å². The highest BCUT2D eigenvalue weighted by atomic mass is 35.5. The van der Waals surface area contributed by atoms with Crippen molar-refractivity contribution in [2.75, 3.05) is 6.61 Å². The number of hydrogen-bond acceptors (Lipinski definition) is 2. The molecule has 1 aromatic carbocycles. The van der Waals surface area contributed by atoms with Crippen LogP contribution < -0.4 is 5.32 Å². The third kappa shape index (κ3) is 2.37. The van der Waals surface area contributed by atoms with Gasteiger partial charge in [-0.2, -0.15) is 0 Å². The van der Waals surface area contributed by atoms with Crippen molar-refractivity contribution in [3.63, 3.8) is 0 Å². The Morgan fingerprint density at radius 2 is 2.19 bits per heavy atom. The molecule has 0 atom stereocenters. The summed E-state index contributed by atoms with van der Waals surface area (Å²) in [6, 6.07) is 4.78. The van der Waals surface area contributed by atoms with E-state index in [0.29, 0.717) is 6.54 Å². The molecule has 16 heavy (non-hydrogen) atoms. The van der Waals surface area contributed by atoms with Crippen LogP contribution in [-0.2, 0) is 6.54 Å². The van der Waals surface area contributed by atoms with Crippen LogP contribution in [0.5, 0.6) is 0 Å². The van der Waals surface area contributed by atoms with Crippen LogP contribution in [0.1, 0.15) is 24.8 Å². The molecule has 0 radical (unpaired) electrons. The summed E-state index contributed by atoms with van der Waals surface area (Å²) in [5, 5.41) is 12.7. The van der Waals surface area contributed by atoms with Crippen molar-refractivity contribution in [2.45, 2.75) is 31.3 Å². The first-order chi connectivity index (χ1) is 7.65. The molecule has 2 rings (SSSR count). The van der Waals surface area contributed by atoms with Crippen molar-refractivity contribution in [1.29, 1.82) is 0 Å². The third-order valence-electron chi connectivity index (χ3n) is 3.26. The van der Waals surface area contributed by atoms with Gasteiger partial charge in [0.05, 0.1) is 11.6 Å². The molecule has 0 aromatic heterocycles. The molecule has 0 spiro atoms. The standard InChI is InChI=1S/C12H15ClFNO/c13-10-3-2-9(6-11(10)14)7-15-12(8-16)4-1-5-12/h2-3,6,15-16H,1,4-5,7-8H2. The molecule has 1 aliphatic carbocycles. The average Bonchev–Trinajstić information content (AvgIpc) is 2.22. The Morgan fingerprint density at radius 1 is 1.44 bits per heavy atom. The fraction of sp³-hybridized carbons (Fsp3) is 0.500. The normalized spacial score (nSPS) is 18.2. The Labute approximate surface area is 99.4 Å². The molecule has 0 unspecified atom stereocenters. The van der Waals surface area contributed by atoms with Gasteiger partial charge in [-0.1, -0.05) is 17.7 Å². The van der Waals surface area contributed by atoms with E-state index in [4.69, 9.17) is 11.6 Å². The molecule has 0 aliphatic heterocycles. The minimum atomic E-state index is -0.396. The molecular formula is C12H15ClFNO. The van der Waals surface area contributed by atoms with Gasteiger partial charge in [0.2, 0.25) is 0 Å². The second-order valence-electron chi connectivity index (χ2n) is 4.39. The molecule has 0 amide bonds. The molecule has 0 saturated heterocycles. The van der Waals surface area contributed by atoms with Crippen molar-refractivity contribution in [1.82, 2.24) is 5.32 Å². The molecule has 1 saturated carbocycles. The van der Waals surface area contributed by atoms with E-state index in [1.165, 1.54) is 6.07 Å². The van der Waals surface area contributed by atoms with Crippen molar-refractivity contribution < 1.29 is 9.50 Å². The fourth-order valence-electron chi connectivity index (χ4n) is 1.93. The minimum Gasteiger partial charge on any atom is -0.394 e. The smallest absolute Gasteiger partial charge is 0.142 e. The number of benzene rings is 1. The Balaban J connectivity index is 1.96. The summed E-state index contributed by atoms with van der Waals surface area (Å²) >= 11 is 5.60. The highest BCUT2D eigenvalue weighted by Crippen LogP contribution is 2.31. The van der Waals surface area contributed by atoms with E-state index in [-0.39, 0.29) is 17.2 Å². The van der Waals surface area contributed by atoms with Crippen molar-refractivity contribution in [3.8, 4) is 0 Å². The lowest BCUT2D eigenvalue weighted by Gasteiger charge is -2.41. The van der Waals surface area contributed by atoms with Crippen LogP contribution in [0.15, 0.2) is 18.2 Å². The second kappa shape index (κ2) is 4.70. The molecule has 2 nitrogen and oxygen atoms in total.